The third kappa shape index (κ3) is 2.88. The predicted octanol–water partition coefficient (Wildman–Crippen LogP) is 3.21. The summed E-state index contributed by atoms with van der Waals surface area (Å²) >= 11 is 0. The van der Waals surface area contributed by atoms with Crippen molar-refractivity contribution in [3.63, 3.8) is 0 Å². The van der Waals surface area contributed by atoms with Gasteiger partial charge in [0.1, 0.15) is 0 Å². The number of benzene rings is 1. The summed E-state index contributed by atoms with van der Waals surface area (Å²) in [5.41, 5.74) is 4.77. The summed E-state index contributed by atoms with van der Waals surface area (Å²) < 4.78 is 5.58. The molecule has 0 saturated carbocycles. The Balaban J connectivity index is 2.12. The molecule has 0 amide bonds. The second kappa shape index (κ2) is 5.19. The fourth-order valence-electron chi connectivity index (χ4n) is 2.55. The van der Waals surface area contributed by atoms with E-state index in [4.69, 9.17) is 4.74 Å². The molecule has 1 aliphatic heterocycles. The highest BCUT2D eigenvalue weighted by Crippen LogP contribution is 2.28. The van der Waals surface area contributed by atoms with Crippen LogP contribution in [0.1, 0.15) is 47.6 Å². The van der Waals surface area contributed by atoms with Crippen LogP contribution in [-0.4, -0.2) is 17.8 Å². The Labute approximate surface area is 104 Å². The molecule has 2 unspecified atom stereocenters. The van der Waals surface area contributed by atoms with E-state index in [-0.39, 0.29) is 6.10 Å². The van der Waals surface area contributed by atoms with E-state index in [1.54, 1.807) is 0 Å². The highest BCUT2D eigenvalue weighted by atomic mass is 16.5. The van der Waals surface area contributed by atoms with Crippen molar-refractivity contribution >= 4 is 0 Å². The molecule has 2 nitrogen and oxygen atoms in total. The fraction of sp³-hybridized carbons (Fsp3) is 0.600. The van der Waals surface area contributed by atoms with E-state index in [1.165, 1.54) is 16.7 Å². The van der Waals surface area contributed by atoms with Gasteiger partial charge in [0.2, 0.25) is 0 Å². The normalized spacial score (nSPS) is 21.8. The molecule has 1 N–H and O–H groups in total. The third-order valence-electron chi connectivity index (χ3n) is 3.75. The zero-order valence-electron chi connectivity index (χ0n) is 11.0. The van der Waals surface area contributed by atoms with E-state index in [9.17, 15) is 5.11 Å². The van der Waals surface area contributed by atoms with Gasteiger partial charge in [-0.1, -0.05) is 12.1 Å². The number of aliphatic hydroxyl groups is 1. The van der Waals surface area contributed by atoms with Crippen LogP contribution < -0.4 is 0 Å². The summed E-state index contributed by atoms with van der Waals surface area (Å²) in [6.07, 6.45) is 2.79. The van der Waals surface area contributed by atoms with Crippen molar-refractivity contribution in [1.29, 1.82) is 0 Å². The van der Waals surface area contributed by atoms with Crippen LogP contribution in [0.2, 0.25) is 0 Å². The minimum atomic E-state index is -0.391. The summed E-state index contributed by atoms with van der Waals surface area (Å²) in [5, 5.41) is 10.3. The topological polar surface area (TPSA) is 29.5 Å². The molecule has 94 valence electrons. The largest absolute Gasteiger partial charge is 0.388 e. The molecule has 2 atom stereocenters. The smallest absolute Gasteiger partial charge is 0.0817 e. The SMILES string of the molecule is Cc1cc(C)c(C(O)CC2CCCO2)cc1C. The molecular formula is C15H22O2. The molecule has 0 spiro atoms. The van der Waals surface area contributed by atoms with Crippen LogP contribution >= 0.6 is 0 Å². The highest BCUT2D eigenvalue weighted by molar-refractivity contribution is 5.37. The Kier molecular flexibility index (Phi) is 3.85. The predicted molar refractivity (Wildman–Crippen MR) is 69.2 cm³/mol. The van der Waals surface area contributed by atoms with Crippen molar-refractivity contribution in [1.82, 2.24) is 0 Å². The number of hydrogen-bond donors (Lipinski definition) is 1. The van der Waals surface area contributed by atoms with Gasteiger partial charge in [0.05, 0.1) is 12.2 Å². The molecule has 0 aromatic heterocycles. The van der Waals surface area contributed by atoms with E-state index < -0.39 is 6.10 Å². The van der Waals surface area contributed by atoms with Gasteiger partial charge in [-0.2, -0.15) is 0 Å². The molecular weight excluding hydrogens is 212 g/mol. The number of aryl methyl sites for hydroxylation is 3. The third-order valence-corrected chi connectivity index (χ3v) is 3.75. The Morgan fingerprint density at radius 2 is 1.94 bits per heavy atom. The maximum absolute atomic E-state index is 10.3. The molecule has 1 saturated heterocycles. The molecule has 1 fully saturated rings. The molecule has 1 heterocycles. The van der Waals surface area contributed by atoms with Crippen LogP contribution in [0.15, 0.2) is 12.1 Å². The Morgan fingerprint density at radius 1 is 1.24 bits per heavy atom. The summed E-state index contributed by atoms with van der Waals surface area (Å²) in [6, 6.07) is 4.27. The standard InChI is InChI=1S/C15H22O2/c1-10-7-12(3)14(8-11(10)2)15(16)9-13-5-4-6-17-13/h7-8,13,15-16H,4-6,9H2,1-3H3. The molecule has 0 bridgehead atoms. The monoisotopic (exact) mass is 234 g/mol. The number of rotatable bonds is 3. The Bertz CT molecular complexity index is 392. The first-order chi connectivity index (χ1) is 8.08. The van der Waals surface area contributed by atoms with Gasteiger partial charge in [-0.15, -0.1) is 0 Å². The maximum Gasteiger partial charge on any atom is 0.0817 e. The van der Waals surface area contributed by atoms with Gasteiger partial charge in [0.15, 0.2) is 0 Å². The van der Waals surface area contributed by atoms with Crippen molar-refractivity contribution in [2.75, 3.05) is 6.61 Å². The molecule has 2 rings (SSSR count). The second-order valence-corrected chi connectivity index (χ2v) is 5.18. The molecule has 1 aromatic rings. The summed E-state index contributed by atoms with van der Waals surface area (Å²) in [7, 11) is 0. The first-order valence-corrected chi connectivity index (χ1v) is 6.45. The zero-order chi connectivity index (χ0) is 12.4. The second-order valence-electron chi connectivity index (χ2n) is 5.18. The zero-order valence-corrected chi connectivity index (χ0v) is 11.0. The molecule has 0 aliphatic carbocycles. The summed E-state index contributed by atoms with van der Waals surface area (Å²) in [6.45, 7) is 7.12. The maximum atomic E-state index is 10.3. The van der Waals surface area contributed by atoms with E-state index >= 15 is 0 Å². The van der Waals surface area contributed by atoms with Crippen molar-refractivity contribution < 1.29 is 9.84 Å². The Hall–Kier alpha value is -0.860. The van der Waals surface area contributed by atoms with E-state index in [2.05, 4.69) is 32.9 Å². The number of ether oxygens (including phenoxy) is 1. The van der Waals surface area contributed by atoms with Crippen LogP contribution in [0.5, 0.6) is 0 Å². The van der Waals surface area contributed by atoms with E-state index in [0.717, 1.165) is 31.4 Å². The summed E-state index contributed by atoms with van der Waals surface area (Å²) in [5.74, 6) is 0. The lowest BCUT2D eigenvalue weighted by Gasteiger charge is -2.18. The molecule has 1 aliphatic rings. The van der Waals surface area contributed by atoms with E-state index in [1.807, 2.05) is 0 Å². The van der Waals surface area contributed by atoms with Crippen molar-refractivity contribution in [3.8, 4) is 0 Å². The molecule has 2 heteroatoms. The van der Waals surface area contributed by atoms with Crippen LogP contribution in [0.25, 0.3) is 0 Å². The first-order valence-electron chi connectivity index (χ1n) is 6.45. The average molecular weight is 234 g/mol. The van der Waals surface area contributed by atoms with Gasteiger partial charge >= 0.3 is 0 Å². The highest BCUT2D eigenvalue weighted by Gasteiger charge is 2.21. The number of aliphatic hydroxyl groups excluding tert-OH is 1. The lowest BCUT2D eigenvalue weighted by Crippen LogP contribution is -2.12. The lowest BCUT2D eigenvalue weighted by atomic mass is 9.94. The van der Waals surface area contributed by atoms with Gasteiger partial charge < -0.3 is 9.84 Å². The van der Waals surface area contributed by atoms with Crippen LogP contribution in [0.3, 0.4) is 0 Å². The minimum absolute atomic E-state index is 0.242. The van der Waals surface area contributed by atoms with Crippen molar-refractivity contribution in [3.05, 3.63) is 34.4 Å². The number of hydrogen-bond acceptors (Lipinski definition) is 2. The van der Waals surface area contributed by atoms with Gasteiger partial charge in [-0.3, -0.25) is 0 Å². The van der Waals surface area contributed by atoms with Crippen LogP contribution in [0, 0.1) is 20.8 Å². The van der Waals surface area contributed by atoms with Crippen LogP contribution in [-0.2, 0) is 4.74 Å². The Morgan fingerprint density at radius 3 is 2.59 bits per heavy atom. The van der Waals surface area contributed by atoms with Crippen molar-refractivity contribution in [2.45, 2.75) is 52.2 Å². The average Bonchev–Trinajstić information content (AvgIpc) is 2.76. The van der Waals surface area contributed by atoms with E-state index in [0.29, 0.717) is 0 Å². The molecule has 17 heavy (non-hydrogen) atoms. The van der Waals surface area contributed by atoms with Gasteiger partial charge in [-0.05, 0) is 55.9 Å². The molecule has 1 aromatic carbocycles. The first kappa shape index (κ1) is 12.6. The fourth-order valence-corrected chi connectivity index (χ4v) is 2.55. The van der Waals surface area contributed by atoms with Crippen molar-refractivity contribution in [2.24, 2.45) is 0 Å². The van der Waals surface area contributed by atoms with Crippen LogP contribution in [0.4, 0.5) is 0 Å². The lowest BCUT2D eigenvalue weighted by molar-refractivity contribution is 0.0532. The van der Waals surface area contributed by atoms with Gasteiger partial charge in [0.25, 0.3) is 0 Å². The van der Waals surface area contributed by atoms with Gasteiger partial charge in [-0.25, -0.2) is 0 Å². The minimum Gasteiger partial charge on any atom is -0.388 e. The quantitative estimate of drug-likeness (QED) is 0.870. The molecule has 0 radical (unpaired) electrons. The summed E-state index contributed by atoms with van der Waals surface area (Å²) in [4.78, 5) is 0. The van der Waals surface area contributed by atoms with Gasteiger partial charge in [0, 0.05) is 13.0 Å².